The topological polar surface area (TPSA) is 42.4 Å². The molecule has 0 radical (unpaired) electrons. The van der Waals surface area contributed by atoms with Crippen molar-refractivity contribution in [3.8, 4) is 0 Å². The quantitative estimate of drug-likeness (QED) is 0.617. The summed E-state index contributed by atoms with van der Waals surface area (Å²) in [6.45, 7) is 1.06. The SMILES string of the molecule is O=C1OCC=C1N(Cc1ccc(Cl)nc1)C1CC1. The second-order valence-electron chi connectivity index (χ2n) is 4.54. The van der Waals surface area contributed by atoms with Crippen LogP contribution in [0, 0.1) is 0 Å². The average molecular weight is 265 g/mol. The molecule has 1 aromatic heterocycles. The van der Waals surface area contributed by atoms with E-state index >= 15 is 0 Å². The highest BCUT2D eigenvalue weighted by atomic mass is 35.5. The Labute approximate surface area is 110 Å². The zero-order valence-electron chi connectivity index (χ0n) is 9.80. The van der Waals surface area contributed by atoms with E-state index in [1.807, 2.05) is 12.1 Å². The number of carbonyl (C=O) groups is 1. The number of hydrogen-bond acceptors (Lipinski definition) is 4. The lowest BCUT2D eigenvalue weighted by molar-refractivity contribution is -0.137. The summed E-state index contributed by atoms with van der Waals surface area (Å²) in [7, 11) is 0. The molecule has 1 fully saturated rings. The molecule has 0 spiro atoms. The van der Waals surface area contributed by atoms with Gasteiger partial charge in [0.1, 0.15) is 17.5 Å². The lowest BCUT2D eigenvalue weighted by Crippen LogP contribution is -2.28. The van der Waals surface area contributed by atoms with Gasteiger partial charge in [0.05, 0.1) is 0 Å². The first kappa shape index (κ1) is 11.5. The molecule has 0 atom stereocenters. The van der Waals surface area contributed by atoms with Crippen LogP contribution in [0.3, 0.4) is 0 Å². The number of rotatable bonds is 4. The van der Waals surface area contributed by atoms with E-state index in [1.54, 1.807) is 12.3 Å². The molecule has 1 saturated carbocycles. The Hall–Kier alpha value is -1.55. The lowest BCUT2D eigenvalue weighted by Gasteiger charge is -2.23. The minimum absolute atomic E-state index is 0.219. The van der Waals surface area contributed by atoms with Gasteiger partial charge in [-0.15, -0.1) is 0 Å². The molecule has 3 rings (SSSR count). The van der Waals surface area contributed by atoms with Crippen LogP contribution in [0.5, 0.6) is 0 Å². The van der Waals surface area contributed by atoms with Crippen molar-refractivity contribution in [3.05, 3.63) is 40.8 Å². The number of esters is 1. The minimum atomic E-state index is -0.219. The van der Waals surface area contributed by atoms with Gasteiger partial charge in [0, 0.05) is 18.8 Å². The van der Waals surface area contributed by atoms with Gasteiger partial charge in [0.2, 0.25) is 0 Å². The fraction of sp³-hybridized carbons (Fsp3) is 0.385. The Kier molecular flexibility index (Phi) is 2.96. The number of ether oxygens (including phenoxy) is 1. The molecule has 94 valence electrons. The van der Waals surface area contributed by atoms with E-state index in [0.717, 1.165) is 18.4 Å². The third kappa shape index (κ3) is 2.34. The van der Waals surface area contributed by atoms with E-state index < -0.39 is 0 Å². The first-order valence-electron chi connectivity index (χ1n) is 5.98. The Morgan fingerprint density at radius 3 is 2.83 bits per heavy atom. The van der Waals surface area contributed by atoms with Crippen molar-refractivity contribution < 1.29 is 9.53 Å². The number of carbonyl (C=O) groups excluding carboxylic acids is 1. The molecule has 1 aliphatic carbocycles. The summed E-state index contributed by atoms with van der Waals surface area (Å²) in [5, 5.41) is 0.483. The Balaban J connectivity index is 1.78. The molecular weight excluding hydrogens is 252 g/mol. The third-order valence-corrected chi connectivity index (χ3v) is 3.36. The van der Waals surface area contributed by atoms with Crippen molar-refractivity contribution in [3.63, 3.8) is 0 Å². The van der Waals surface area contributed by atoms with E-state index in [-0.39, 0.29) is 5.97 Å². The third-order valence-electron chi connectivity index (χ3n) is 3.14. The fourth-order valence-corrected chi connectivity index (χ4v) is 2.19. The standard InChI is InChI=1S/C13H13ClN2O2/c14-12-4-1-9(7-15-12)8-16(10-2-3-10)11-5-6-18-13(11)17/h1,4-5,7,10H,2-3,6,8H2. The monoisotopic (exact) mass is 264 g/mol. The van der Waals surface area contributed by atoms with Gasteiger partial charge >= 0.3 is 5.97 Å². The van der Waals surface area contributed by atoms with Gasteiger partial charge in [-0.3, -0.25) is 0 Å². The Bertz CT molecular complexity index is 494. The molecule has 2 aliphatic rings. The van der Waals surface area contributed by atoms with Crippen LogP contribution in [0.2, 0.25) is 5.15 Å². The molecule has 0 saturated heterocycles. The predicted molar refractivity (Wildman–Crippen MR) is 66.9 cm³/mol. The van der Waals surface area contributed by atoms with E-state index in [2.05, 4.69) is 9.88 Å². The molecule has 0 N–H and O–H groups in total. The summed E-state index contributed by atoms with van der Waals surface area (Å²) in [6, 6.07) is 4.16. The first-order valence-corrected chi connectivity index (χ1v) is 6.36. The number of aromatic nitrogens is 1. The molecule has 5 heteroatoms. The highest BCUT2D eigenvalue weighted by Crippen LogP contribution is 2.33. The van der Waals surface area contributed by atoms with Gasteiger partial charge < -0.3 is 9.64 Å². The van der Waals surface area contributed by atoms with Gasteiger partial charge in [-0.2, -0.15) is 0 Å². The summed E-state index contributed by atoms with van der Waals surface area (Å²) < 4.78 is 4.97. The van der Waals surface area contributed by atoms with Gasteiger partial charge in [0.25, 0.3) is 0 Å². The summed E-state index contributed by atoms with van der Waals surface area (Å²) in [5.74, 6) is -0.219. The van der Waals surface area contributed by atoms with Crippen molar-refractivity contribution >= 4 is 17.6 Å². The predicted octanol–water partition coefficient (Wildman–Crippen LogP) is 2.14. The molecule has 1 aliphatic heterocycles. The van der Waals surface area contributed by atoms with Crippen LogP contribution in [0.25, 0.3) is 0 Å². The molecule has 18 heavy (non-hydrogen) atoms. The van der Waals surface area contributed by atoms with E-state index in [4.69, 9.17) is 16.3 Å². The second-order valence-corrected chi connectivity index (χ2v) is 4.92. The van der Waals surface area contributed by atoms with Crippen molar-refractivity contribution in [1.29, 1.82) is 0 Å². The second kappa shape index (κ2) is 4.61. The van der Waals surface area contributed by atoms with Crippen molar-refractivity contribution in [2.45, 2.75) is 25.4 Å². The average Bonchev–Trinajstić information content (AvgIpc) is 3.12. The fourth-order valence-electron chi connectivity index (χ4n) is 2.08. The molecule has 0 bridgehead atoms. The maximum atomic E-state index is 11.6. The van der Waals surface area contributed by atoms with Gasteiger partial charge in [-0.25, -0.2) is 9.78 Å². The van der Waals surface area contributed by atoms with Crippen LogP contribution < -0.4 is 0 Å². The van der Waals surface area contributed by atoms with Crippen LogP contribution in [-0.4, -0.2) is 28.5 Å². The number of nitrogens with zero attached hydrogens (tertiary/aromatic N) is 2. The largest absolute Gasteiger partial charge is 0.457 e. The summed E-state index contributed by atoms with van der Waals surface area (Å²) >= 11 is 5.76. The number of cyclic esters (lactones) is 1. The van der Waals surface area contributed by atoms with E-state index in [9.17, 15) is 4.79 Å². The van der Waals surface area contributed by atoms with Crippen LogP contribution in [0.4, 0.5) is 0 Å². The number of hydrogen-bond donors (Lipinski definition) is 0. The smallest absolute Gasteiger partial charge is 0.354 e. The minimum Gasteiger partial charge on any atom is -0.457 e. The summed E-state index contributed by atoms with van der Waals surface area (Å²) in [4.78, 5) is 17.8. The highest BCUT2D eigenvalue weighted by molar-refractivity contribution is 6.29. The highest BCUT2D eigenvalue weighted by Gasteiger charge is 2.35. The van der Waals surface area contributed by atoms with Gasteiger partial charge in [-0.1, -0.05) is 17.7 Å². The van der Waals surface area contributed by atoms with Gasteiger partial charge in [-0.05, 0) is 30.5 Å². The lowest BCUT2D eigenvalue weighted by atomic mass is 10.2. The van der Waals surface area contributed by atoms with E-state index in [1.165, 1.54) is 0 Å². The number of halogens is 1. The normalized spacial score (nSPS) is 18.5. The van der Waals surface area contributed by atoms with Crippen molar-refractivity contribution in [2.75, 3.05) is 6.61 Å². The Morgan fingerprint density at radius 1 is 1.44 bits per heavy atom. The van der Waals surface area contributed by atoms with Crippen LogP contribution in [0.1, 0.15) is 18.4 Å². The molecule has 0 unspecified atom stereocenters. The maximum Gasteiger partial charge on any atom is 0.354 e. The summed E-state index contributed by atoms with van der Waals surface area (Å²) in [6.07, 6.45) is 5.86. The molecular formula is C13H13ClN2O2. The first-order chi connectivity index (χ1) is 8.74. The van der Waals surface area contributed by atoms with Crippen LogP contribution >= 0.6 is 11.6 Å². The zero-order valence-corrected chi connectivity index (χ0v) is 10.6. The molecule has 2 heterocycles. The van der Waals surface area contributed by atoms with Crippen molar-refractivity contribution in [1.82, 2.24) is 9.88 Å². The maximum absolute atomic E-state index is 11.6. The molecule has 4 nitrogen and oxygen atoms in total. The molecule has 0 aromatic carbocycles. The van der Waals surface area contributed by atoms with Crippen LogP contribution in [-0.2, 0) is 16.1 Å². The Morgan fingerprint density at radius 2 is 2.28 bits per heavy atom. The number of pyridine rings is 1. The molecule has 0 amide bonds. The van der Waals surface area contributed by atoms with Gasteiger partial charge in [0.15, 0.2) is 0 Å². The van der Waals surface area contributed by atoms with Crippen molar-refractivity contribution in [2.24, 2.45) is 0 Å². The molecule has 1 aromatic rings. The summed E-state index contributed by atoms with van der Waals surface area (Å²) in [5.41, 5.74) is 1.74. The zero-order chi connectivity index (χ0) is 12.5. The van der Waals surface area contributed by atoms with E-state index in [0.29, 0.717) is 30.0 Å². The van der Waals surface area contributed by atoms with Crippen LogP contribution in [0.15, 0.2) is 30.1 Å².